The number of amides is 2. The van der Waals surface area contributed by atoms with E-state index in [1.165, 1.54) is 11.8 Å². The Morgan fingerprint density at radius 3 is 2.05 bits per heavy atom. The average Bonchev–Trinajstić information content (AvgIpc) is 3.47. The molecule has 2 aromatic carbocycles. The topological polar surface area (TPSA) is 139 Å². The molecule has 0 aliphatic rings. The molecule has 0 aliphatic carbocycles. The zero-order chi connectivity index (χ0) is 30.4. The molecule has 0 fully saturated rings. The van der Waals surface area contributed by atoms with Crippen molar-refractivity contribution in [3.8, 4) is 22.5 Å². The summed E-state index contributed by atoms with van der Waals surface area (Å²) in [4.78, 5) is 45.8. The van der Waals surface area contributed by atoms with Crippen molar-refractivity contribution in [3.63, 3.8) is 0 Å². The van der Waals surface area contributed by atoms with Crippen LogP contribution in [0.3, 0.4) is 0 Å². The van der Waals surface area contributed by atoms with Gasteiger partial charge in [-0.15, -0.1) is 0 Å². The van der Waals surface area contributed by atoms with E-state index >= 15 is 0 Å². The van der Waals surface area contributed by atoms with Gasteiger partial charge in [-0.2, -0.15) is 5.10 Å². The number of hydrogen-bond donors (Lipinski definition) is 3. The number of aromatic nitrogens is 4. The van der Waals surface area contributed by atoms with Crippen molar-refractivity contribution in [1.82, 2.24) is 30.4 Å². The number of carboxylic acids is 1. The Morgan fingerprint density at radius 2 is 1.50 bits per heavy atom. The number of aliphatic carboxylic acids is 1. The molecular formula is C32H36N6O4. The van der Waals surface area contributed by atoms with Crippen LogP contribution in [-0.2, 0) is 21.4 Å². The first-order valence-corrected chi connectivity index (χ1v) is 13.8. The maximum atomic E-state index is 12.9. The summed E-state index contributed by atoms with van der Waals surface area (Å²) in [5.41, 5.74) is 5.16. The van der Waals surface area contributed by atoms with Crippen LogP contribution in [0.2, 0.25) is 0 Å². The number of nitrogens with one attached hydrogen (secondary N) is 2. The molecule has 10 heteroatoms. The van der Waals surface area contributed by atoms with Crippen LogP contribution in [0.5, 0.6) is 0 Å². The summed E-state index contributed by atoms with van der Waals surface area (Å²) < 4.78 is 1.64. The second kappa shape index (κ2) is 12.8. The van der Waals surface area contributed by atoms with E-state index in [-0.39, 0.29) is 17.9 Å². The van der Waals surface area contributed by atoms with Crippen LogP contribution < -0.4 is 10.6 Å². The first-order valence-electron chi connectivity index (χ1n) is 13.8. The minimum absolute atomic E-state index is 0.0693. The van der Waals surface area contributed by atoms with Crippen LogP contribution >= 0.6 is 0 Å². The lowest BCUT2D eigenvalue weighted by Crippen LogP contribution is -2.49. The molecule has 2 heterocycles. The SMILES string of the molecule is CC(C)n1cc(C(=O)N[C@@H](Cc2ccc(-c3ncc(-c4ccc(C(C)(C)C)cc4)cn3)cc2)C(=O)NCC(=O)O)cn1. The smallest absolute Gasteiger partial charge is 0.322 e. The molecule has 2 amide bonds. The van der Waals surface area contributed by atoms with Gasteiger partial charge in [0.25, 0.3) is 5.91 Å². The van der Waals surface area contributed by atoms with Crippen molar-refractivity contribution in [1.29, 1.82) is 0 Å². The number of hydrogen-bond acceptors (Lipinski definition) is 6. The number of carbonyl (C=O) groups excluding carboxylic acids is 2. The molecule has 0 unspecified atom stereocenters. The molecule has 42 heavy (non-hydrogen) atoms. The quantitative estimate of drug-likeness (QED) is 0.257. The number of benzene rings is 2. The van der Waals surface area contributed by atoms with Gasteiger partial charge in [0.15, 0.2) is 5.82 Å². The molecule has 4 rings (SSSR count). The minimum Gasteiger partial charge on any atom is -0.480 e. The fraction of sp³-hybridized carbons (Fsp3) is 0.312. The van der Waals surface area contributed by atoms with Gasteiger partial charge in [0.2, 0.25) is 5.91 Å². The third-order valence-electron chi connectivity index (χ3n) is 6.82. The second-order valence-corrected chi connectivity index (χ2v) is 11.5. The third kappa shape index (κ3) is 7.66. The van der Waals surface area contributed by atoms with Gasteiger partial charge in [0, 0.05) is 42.2 Å². The molecule has 2 aromatic heterocycles. The van der Waals surface area contributed by atoms with E-state index in [0.29, 0.717) is 11.4 Å². The maximum absolute atomic E-state index is 12.9. The van der Waals surface area contributed by atoms with Crippen molar-refractivity contribution >= 4 is 17.8 Å². The van der Waals surface area contributed by atoms with E-state index in [1.54, 1.807) is 23.3 Å². The van der Waals surface area contributed by atoms with E-state index in [9.17, 15) is 14.4 Å². The lowest BCUT2D eigenvalue weighted by Gasteiger charge is -2.19. The van der Waals surface area contributed by atoms with Gasteiger partial charge in [0.05, 0.1) is 11.8 Å². The second-order valence-electron chi connectivity index (χ2n) is 11.5. The van der Waals surface area contributed by atoms with Crippen LogP contribution in [-0.4, -0.2) is 55.2 Å². The Balaban J connectivity index is 1.46. The lowest BCUT2D eigenvalue weighted by molar-refractivity contribution is -0.138. The molecule has 0 saturated carbocycles. The molecule has 218 valence electrons. The van der Waals surface area contributed by atoms with Gasteiger partial charge in [-0.3, -0.25) is 19.1 Å². The highest BCUT2D eigenvalue weighted by Gasteiger charge is 2.23. The lowest BCUT2D eigenvalue weighted by atomic mass is 9.86. The summed E-state index contributed by atoms with van der Waals surface area (Å²) in [7, 11) is 0. The molecule has 3 N–H and O–H groups in total. The summed E-state index contributed by atoms with van der Waals surface area (Å²) in [5.74, 6) is -1.69. The molecule has 0 aliphatic heterocycles. The van der Waals surface area contributed by atoms with Crippen LogP contribution in [0.4, 0.5) is 0 Å². The van der Waals surface area contributed by atoms with Crippen molar-refractivity contribution in [2.24, 2.45) is 0 Å². The van der Waals surface area contributed by atoms with E-state index in [2.05, 4.69) is 70.7 Å². The average molecular weight is 569 g/mol. The van der Waals surface area contributed by atoms with Gasteiger partial charge in [-0.05, 0) is 36.0 Å². The Kier molecular flexibility index (Phi) is 9.15. The fourth-order valence-electron chi connectivity index (χ4n) is 4.29. The molecule has 0 spiro atoms. The Hall–Kier alpha value is -4.86. The minimum atomic E-state index is -1.18. The summed E-state index contributed by atoms with van der Waals surface area (Å²) in [6.07, 6.45) is 6.78. The number of carboxylic acid groups (broad SMARTS) is 1. The molecule has 10 nitrogen and oxygen atoms in total. The summed E-state index contributed by atoms with van der Waals surface area (Å²) in [5, 5.41) is 18.2. The molecule has 0 radical (unpaired) electrons. The number of nitrogens with zero attached hydrogens (tertiary/aromatic N) is 4. The van der Waals surface area contributed by atoms with Crippen molar-refractivity contribution in [2.75, 3.05) is 6.54 Å². The van der Waals surface area contributed by atoms with Gasteiger partial charge in [-0.1, -0.05) is 69.3 Å². The number of carbonyl (C=O) groups is 3. The van der Waals surface area contributed by atoms with Crippen LogP contribution in [0.15, 0.2) is 73.3 Å². The summed E-state index contributed by atoms with van der Waals surface area (Å²) in [6.45, 7) is 9.86. The standard InChI is InChI=1S/C32H36N6O4/c1-20(2)38-19-25(17-36-38)30(41)37-27(31(42)35-18-28(39)40)14-21-6-8-23(9-7-21)29-33-15-24(16-34-29)22-10-12-26(13-11-22)32(3,4)5/h6-13,15-17,19-20,27H,14,18H2,1-5H3,(H,35,42)(H,37,41)(H,39,40)/t27-/m0/s1. The van der Waals surface area contributed by atoms with Crippen molar-refractivity contribution in [2.45, 2.75) is 58.5 Å². The summed E-state index contributed by atoms with van der Waals surface area (Å²) >= 11 is 0. The Labute approximate surface area is 245 Å². The van der Waals surface area contributed by atoms with Gasteiger partial charge < -0.3 is 15.7 Å². The third-order valence-corrected chi connectivity index (χ3v) is 6.82. The van der Waals surface area contributed by atoms with Crippen molar-refractivity contribution in [3.05, 3.63) is 90.0 Å². The highest BCUT2D eigenvalue weighted by molar-refractivity contribution is 5.97. The van der Waals surface area contributed by atoms with E-state index in [4.69, 9.17) is 5.11 Å². The first-order chi connectivity index (χ1) is 19.9. The molecular weight excluding hydrogens is 532 g/mol. The summed E-state index contributed by atoms with van der Waals surface area (Å²) in [6, 6.07) is 14.8. The predicted octanol–water partition coefficient (Wildman–Crippen LogP) is 4.43. The normalized spacial score (nSPS) is 12.1. The maximum Gasteiger partial charge on any atom is 0.322 e. The Morgan fingerprint density at radius 1 is 0.881 bits per heavy atom. The van der Waals surface area contributed by atoms with Gasteiger partial charge in [0.1, 0.15) is 12.6 Å². The highest BCUT2D eigenvalue weighted by atomic mass is 16.4. The van der Waals surface area contributed by atoms with Gasteiger partial charge in [-0.25, -0.2) is 9.97 Å². The highest BCUT2D eigenvalue weighted by Crippen LogP contribution is 2.26. The van der Waals surface area contributed by atoms with Gasteiger partial charge >= 0.3 is 5.97 Å². The molecule has 0 bridgehead atoms. The van der Waals surface area contributed by atoms with Crippen LogP contribution in [0, 0.1) is 0 Å². The van der Waals surface area contributed by atoms with Crippen LogP contribution in [0.25, 0.3) is 22.5 Å². The van der Waals surface area contributed by atoms with Crippen molar-refractivity contribution < 1.29 is 19.5 Å². The molecule has 0 saturated heterocycles. The van der Waals surface area contributed by atoms with E-state index < -0.39 is 30.4 Å². The zero-order valence-electron chi connectivity index (χ0n) is 24.5. The monoisotopic (exact) mass is 568 g/mol. The Bertz CT molecular complexity index is 1540. The zero-order valence-corrected chi connectivity index (χ0v) is 24.5. The fourth-order valence-corrected chi connectivity index (χ4v) is 4.29. The number of rotatable bonds is 10. The van der Waals surface area contributed by atoms with E-state index in [1.807, 2.05) is 38.1 Å². The first kappa shape index (κ1) is 30.1. The predicted molar refractivity (Wildman–Crippen MR) is 160 cm³/mol. The van der Waals surface area contributed by atoms with Crippen LogP contribution in [0.1, 0.15) is 62.1 Å². The van der Waals surface area contributed by atoms with E-state index in [0.717, 1.165) is 22.3 Å². The molecule has 1 atom stereocenters. The molecule has 4 aromatic rings. The largest absolute Gasteiger partial charge is 0.480 e.